The highest BCUT2D eigenvalue weighted by molar-refractivity contribution is 5.92. The van der Waals surface area contributed by atoms with Crippen molar-refractivity contribution < 1.29 is 24.8 Å². The Labute approximate surface area is 199 Å². The third kappa shape index (κ3) is 5.68. The number of benzene rings is 2. The molecular weight excluding hydrogens is 448 g/mol. The van der Waals surface area contributed by atoms with Crippen LogP contribution in [0.15, 0.2) is 30.3 Å². The summed E-state index contributed by atoms with van der Waals surface area (Å²) in [5.74, 6) is 2.23. The molecule has 4 N–H and O–H groups in total. The van der Waals surface area contributed by atoms with Crippen LogP contribution < -0.4 is 19.7 Å². The number of nitrogens with zero attached hydrogens (tertiary/aromatic N) is 3. The van der Waals surface area contributed by atoms with Crippen LogP contribution in [0.4, 0.5) is 11.8 Å². The average molecular weight is 479 g/mol. The second-order valence-electron chi connectivity index (χ2n) is 7.21. The number of halogens is 1. The van der Waals surface area contributed by atoms with Gasteiger partial charge in [-0.25, -0.2) is 4.98 Å². The zero-order valence-electron chi connectivity index (χ0n) is 19.2. The number of fused-ring (bicyclic) bond motifs is 1. The first-order valence-corrected chi connectivity index (χ1v) is 10.5. The molecule has 1 atom stereocenters. The van der Waals surface area contributed by atoms with E-state index in [4.69, 9.17) is 19.4 Å². The topological polar surface area (TPSA) is 120 Å². The van der Waals surface area contributed by atoms with Gasteiger partial charge in [-0.3, -0.25) is 0 Å². The van der Waals surface area contributed by atoms with Gasteiger partial charge in [0.2, 0.25) is 5.95 Å². The molecule has 0 bridgehead atoms. The molecule has 0 aliphatic rings. The van der Waals surface area contributed by atoms with Gasteiger partial charge in [0, 0.05) is 36.7 Å². The van der Waals surface area contributed by atoms with Crippen molar-refractivity contribution in [3.63, 3.8) is 0 Å². The normalized spacial score (nSPS) is 11.6. The minimum Gasteiger partial charge on any atom is -0.508 e. The number of phenols is 1. The number of aromatic hydroxyl groups is 1. The molecule has 3 rings (SSSR count). The lowest BCUT2D eigenvalue weighted by molar-refractivity contribution is 0.191. The lowest BCUT2D eigenvalue weighted by Gasteiger charge is -2.21. The minimum atomic E-state index is -0.886. The van der Waals surface area contributed by atoms with Gasteiger partial charge < -0.3 is 35.0 Å². The van der Waals surface area contributed by atoms with Gasteiger partial charge in [-0.1, -0.05) is 6.07 Å². The molecule has 0 fully saturated rings. The molecule has 33 heavy (non-hydrogen) atoms. The van der Waals surface area contributed by atoms with Gasteiger partial charge in [0.05, 0.1) is 32.4 Å². The molecule has 1 heterocycles. The molecule has 0 spiro atoms. The van der Waals surface area contributed by atoms with Gasteiger partial charge in [0.25, 0.3) is 0 Å². The molecule has 180 valence electrons. The number of hydrogen-bond donors (Lipinski definition) is 4. The summed E-state index contributed by atoms with van der Waals surface area (Å²) in [5.41, 5.74) is 1.61. The van der Waals surface area contributed by atoms with Crippen molar-refractivity contribution in [3.05, 3.63) is 41.5 Å². The van der Waals surface area contributed by atoms with Crippen molar-refractivity contribution in [1.82, 2.24) is 9.97 Å². The zero-order chi connectivity index (χ0) is 23.3. The molecule has 1 unspecified atom stereocenters. The smallest absolute Gasteiger partial charge is 0.227 e. The molecule has 3 aromatic rings. The van der Waals surface area contributed by atoms with E-state index < -0.39 is 6.10 Å². The number of aromatic nitrogens is 2. The number of rotatable bonds is 10. The summed E-state index contributed by atoms with van der Waals surface area (Å²) in [6.07, 6.45) is -0.886. The van der Waals surface area contributed by atoms with E-state index in [2.05, 4.69) is 5.32 Å². The highest BCUT2D eigenvalue weighted by Crippen LogP contribution is 2.35. The predicted octanol–water partition coefficient (Wildman–Crippen LogP) is 3.26. The lowest BCUT2D eigenvalue weighted by atomic mass is 10.1. The number of nitrogens with one attached hydrogen (secondary N) is 1. The van der Waals surface area contributed by atoms with Crippen LogP contribution in [0.2, 0.25) is 0 Å². The molecule has 0 saturated carbocycles. The Morgan fingerprint density at radius 1 is 1.03 bits per heavy atom. The van der Waals surface area contributed by atoms with E-state index in [-0.39, 0.29) is 31.3 Å². The van der Waals surface area contributed by atoms with Crippen LogP contribution in [0.1, 0.15) is 31.1 Å². The minimum absolute atomic E-state index is 0. The monoisotopic (exact) mass is 478 g/mol. The Morgan fingerprint density at radius 2 is 1.70 bits per heavy atom. The predicted molar refractivity (Wildman–Crippen MR) is 131 cm³/mol. The number of anilines is 2. The Hall–Kier alpha value is -3.01. The Bertz CT molecular complexity index is 1080. The third-order valence-corrected chi connectivity index (χ3v) is 5.36. The summed E-state index contributed by atoms with van der Waals surface area (Å²) in [4.78, 5) is 11.4. The van der Waals surface area contributed by atoms with E-state index in [1.807, 2.05) is 18.7 Å². The first-order valence-electron chi connectivity index (χ1n) is 10.5. The molecule has 0 amide bonds. The van der Waals surface area contributed by atoms with E-state index in [0.717, 1.165) is 18.5 Å². The van der Waals surface area contributed by atoms with Crippen molar-refractivity contribution in [3.8, 4) is 17.2 Å². The second-order valence-corrected chi connectivity index (χ2v) is 7.21. The number of methoxy groups -OCH3 is 2. The maximum absolute atomic E-state index is 10.7. The Balaban J connectivity index is 0.00000385. The van der Waals surface area contributed by atoms with Crippen LogP contribution >= 0.6 is 12.4 Å². The molecule has 0 aliphatic carbocycles. The Kier molecular flexibility index (Phi) is 9.33. The summed E-state index contributed by atoms with van der Waals surface area (Å²) < 4.78 is 10.9. The van der Waals surface area contributed by atoms with Crippen molar-refractivity contribution >= 4 is 35.1 Å². The van der Waals surface area contributed by atoms with Crippen molar-refractivity contribution in [2.75, 3.05) is 44.1 Å². The van der Waals surface area contributed by atoms with Crippen LogP contribution in [0, 0.1) is 0 Å². The highest BCUT2D eigenvalue weighted by Gasteiger charge is 2.17. The number of aliphatic hydroxyl groups excluding tert-OH is 2. The summed E-state index contributed by atoms with van der Waals surface area (Å²) in [6.45, 7) is 5.40. The van der Waals surface area contributed by atoms with E-state index >= 15 is 0 Å². The summed E-state index contributed by atoms with van der Waals surface area (Å²) >= 11 is 0. The summed E-state index contributed by atoms with van der Waals surface area (Å²) in [5, 5.41) is 33.8. The maximum Gasteiger partial charge on any atom is 0.227 e. The summed E-state index contributed by atoms with van der Waals surface area (Å²) in [7, 11) is 3.14. The summed E-state index contributed by atoms with van der Waals surface area (Å²) in [6, 6.07) is 8.26. The molecule has 0 aliphatic heterocycles. The van der Waals surface area contributed by atoms with E-state index in [9.17, 15) is 15.3 Å². The van der Waals surface area contributed by atoms with Gasteiger partial charge in [-0.05, 0) is 37.6 Å². The first-order chi connectivity index (χ1) is 15.4. The van der Waals surface area contributed by atoms with Gasteiger partial charge in [0.15, 0.2) is 11.5 Å². The van der Waals surface area contributed by atoms with Gasteiger partial charge in [-0.15, -0.1) is 12.4 Å². The highest BCUT2D eigenvalue weighted by atomic mass is 35.5. The molecule has 9 nitrogen and oxygen atoms in total. The molecule has 0 radical (unpaired) electrons. The van der Waals surface area contributed by atoms with Crippen molar-refractivity contribution in [2.24, 2.45) is 0 Å². The molecular formula is C23H31ClN4O5. The standard InChI is InChI=1S/C23H30N4O5.ClH/c1-5-27(6-2)23-25-17-11-21(32-4)20(31-3)10-16(17)22(26-23)24-12-19(30)14-7-8-18(29)15(9-14)13-28;/h7-11,19,28-30H,5-6,12-13H2,1-4H3,(H,24,25,26);1H. The first kappa shape index (κ1) is 26.2. The number of aliphatic hydroxyl groups is 2. The quantitative estimate of drug-likeness (QED) is 0.348. The average Bonchev–Trinajstić information content (AvgIpc) is 2.82. The third-order valence-electron chi connectivity index (χ3n) is 5.36. The fourth-order valence-electron chi connectivity index (χ4n) is 3.48. The van der Waals surface area contributed by atoms with Crippen LogP contribution in [-0.4, -0.2) is 59.1 Å². The second kappa shape index (κ2) is 11.7. The van der Waals surface area contributed by atoms with Gasteiger partial charge >= 0.3 is 0 Å². The largest absolute Gasteiger partial charge is 0.508 e. The van der Waals surface area contributed by atoms with Crippen molar-refractivity contribution in [1.29, 1.82) is 0 Å². The van der Waals surface area contributed by atoms with Crippen LogP contribution in [0.5, 0.6) is 17.2 Å². The number of hydrogen-bond acceptors (Lipinski definition) is 9. The molecule has 2 aromatic carbocycles. The van der Waals surface area contributed by atoms with Gasteiger partial charge in [-0.2, -0.15) is 4.98 Å². The zero-order valence-corrected chi connectivity index (χ0v) is 20.0. The van der Waals surface area contributed by atoms with E-state index in [1.54, 1.807) is 38.5 Å². The number of ether oxygens (including phenoxy) is 2. The maximum atomic E-state index is 10.7. The van der Waals surface area contributed by atoms with Gasteiger partial charge in [0.1, 0.15) is 11.6 Å². The SMILES string of the molecule is CCN(CC)c1nc(NCC(O)c2ccc(O)c(CO)c2)c2cc(OC)c(OC)cc2n1.Cl. The fourth-order valence-corrected chi connectivity index (χ4v) is 3.48. The Morgan fingerprint density at radius 3 is 2.30 bits per heavy atom. The van der Waals surface area contributed by atoms with Crippen LogP contribution in [0.25, 0.3) is 10.9 Å². The molecule has 10 heteroatoms. The fraction of sp³-hybridized carbons (Fsp3) is 0.391. The van der Waals surface area contributed by atoms with Crippen molar-refractivity contribution in [2.45, 2.75) is 26.6 Å². The van der Waals surface area contributed by atoms with Crippen LogP contribution in [0.3, 0.4) is 0 Å². The van der Waals surface area contributed by atoms with E-state index in [1.165, 1.54) is 6.07 Å². The van der Waals surface area contributed by atoms with Crippen LogP contribution in [-0.2, 0) is 6.61 Å². The lowest BCUT2D eigenvalue weighted by Crippen LogP contribution is -2.25. The molecule has 1 aromatic heterocycles. The molecule has 0 saturated heterocycles. The van der Waals surface area contributed by atoms with E-state index in [0.29, 0.717) is 39.9 Å².